The molecule has 0 aromatic heterocycles. The fraction of sp³-hybridized carbons (Fsp3) is 0.733. The number of unbranched alkanes of at least 4 members (excludes halogenated alkanes) is 2. The van der Waals surface area contributed by atoms with Crippen molar-refractivity contribution in [2.24, 2.45) is 29.6 Å². The van der Waals surface area contributed by atoms with Crippen LogP contribution in [0.1, 0.15) is 111 Å². The Morgan fingerprint density at radius 1 is 0.941 bits per heavy atom. The lowest BCUT2D eigenvalue weighted by molar-refractivity contribution is 0.243. The van der Waals surface area contributed by atoms with Crippen molar-refractivity contribution >= 4 is 0 Å². The van der Waals surface area contributed by atoms with E-state index in [1.807, 2.05) is 13.8 Å². The summed E-state index contributed by atoms with van der Waals surface area (Å²) in [6.45, 7) is 9.92. The van der Waals surface area contributed by atoms with E-state index in [9.17, 15) is 8.78 Å². The third-order valence-electron chi connectivity index (χ3n) is 7.54. The van der Waals surface area contributed by atoms with E-state index < -0.39 is 41.6 Å². The predicted octanol–water partition coefficient (Wildman–Crippen LogP) is 10.5. The third-order valence-corrected chi connectivity index (χ3v) is 7.54. The molecule has 0 bridgehead atoms. The molecule has 0 N–H and O–H groups in total. The summed E-state index contributed by atoms with van der Waals surface area (Å²) in [4.78, 5) is 0. The van der Waals surface area contributed by atoms with Gasteiger partial charge in [0.1, 0.15) is 23.3 Å². The molecule has 0 aromatic carbocycles. The first-order valence-electron chi connectivity index (χ1n) is 13.5. The molecule has 34 heavy (non-hydrogen) atoms. The monoisotopic (exact) mass is 480 g/mol. The fourth-order valence-electron chi connectivity index (χ4n) is 5.54. The van der Waals surface area contributed by atoms with Gasteiger partial charge >= 0.3 is 0 Å². The van der Waals surface area contributed by atoms with Gasteiger partial charge in [0.05, 0.1) is 5.92 Å². The van der Waals surface area contributed by atoms with Crippen LogP contribution < -0.4 is 0 Å². The van der Waals surface area contributed by atoms with Crippen molar-refractivity contribution in [1.29, 1.82) is 0 Å². The molecule has 0 amide bonds. The Balaban J connectivity index is 2.11. The summed E-state index contributed by atoms with van der Waals surface area (Å²) in [6, 6.07) is 0. The zero-order valence-electron chi connectivity index (χ0n) is 21.5. The minimum absolute atomic E-state index is 0.0532. The van der Waals surface area contributed by atoms with E-state index in [-0.39, 0.29) is 24.7 Å². The second kappa shape index (κ2) is 14.8. The van der Waals surface area contributed by atoms with Gasteiger partial charge < -0.3 is 0 Å². The molecule has 0 spiro atoms. The largest absolute Gasteiger partial charge is 0.209 e. The molecule has 192 valence electrons. The summed E-state index contributed by atoms with van der Waals surface area (Å²) >= 11 is 0. The average Bonchev–Trinajstić information content (AvgIpc) is 2.82. The van der Waals surface area contributed by atoms with Gasteiger partial charge in [-0.1, -0.05) is 84.1 Å². The van der Waals surface area contributed by atoms with Gasteiger partial charge in [-0.15, -0.1) is 0 Å². The van der Waals surface area contributed by atoms with Crippen molar-refractivity contribution in [3.63, 3.8) is 0 Å². The minimum Gasteiger partial charge on any atom is -0.209 e. The number of allylic oxidation sites excluding steroid dienone is 5. The molecule has 0 nitrogen and oxygen atoms in total. The van der Waals surface area contributed by atoms with E-state index in [0.717, 1.165) is 25.7 Å². The maximum absolute atomic E-state index is 15.3. The van der Waals surface area contributed by atoms with Crippen molar-refractivity contribution in [1.82, 2.24) is 0 Å². The second-order valence-electron chi connectivity index (χ2n) is 10.8. The quantitative estimate of drug-likeness (QED) is 0.175. The van der Waals surface area contributed by atoms with E-state index in [1.54, 1.807) is 0 Å². The first kappa shape index (κ1) is 28.7. The molecule has 4 heteroatoms. The molecule has 0 aliphatic heterocycles. The van der Waals surface area contributed by atoms with E-state index >= 15 is 8.78 Å². The van der Waals surface area contributed by atoms with Crippen LogP contribution in [0.2, 0.25) is 0 Å². The van der Waals surface area contributed by atoms with Gasteiger partial charge in [0.15, 0.2) is 0 Å². The highest BCUT2D eigenvalue weighted by Gasteiger charge is 2.29. The molecule has 0 heterocycles. The molecule has 0 saturated heterocycles. The first-order chi connectivity index (χ1) is 16.2. The Hall–Kier alpha value is -1.50. The van der Waals surface area contributed by atoms with Gasteiger partial charge in [-0.25, -0.2) is 17.6 Å². The van der Waals surface area contributed by atoms with Gasteiger partial charge in [0.25, 0.3) is 0 Å². The van der Waals surface area contributed by atoms with Crippen molar-refractivity contribution < 1.29 is 17.6 Å². The maximum atomic E-state index is 15.3. The SMILES string of the molecule is C=C1C#CC(CCC)/C(F)=C(/F)CC(/C(F)=C(/F)CC2CCC(CCCCC)CC2)CC(C)C1. The van der Waals surface area contributed by atoms with Crippen LogP contribution in [0, 0.1) is 41.4 Å². The van der Waals surface area contributed by atoms with Crippen LogP contribution in [0.15, 0.2) is 35.5 Å². The molecule has 3 unspecified atom stereocenters. The van der Waals surface area contributed by atoms with E-state index in [4.69, 9.17) is 0 Å². The average molecular weight is 481 g/mol. The highest BCUT2D eigenvalue weighted by Crippen LogP contribution is 2.40. The Labute approximate surface area is 205 Å². The standard InChI is InChI=1S/C30H44F4/c1-5-7-8-10-23-12-14-24(15-13-23)19-27(31)30(34)26-18-22(4)17-21(3)11-16-25(9-6-2)29(33)28(32)20-26/h22-26H,3,5-10,12-15,17-20H2,1-2,4H3/b29-28-,30-27-. The molecule has 1 saturated carbocycles. The number of rotatable bonds is 9. The Morgan fingerprint density at radius 2 is 1.62 bits per heavy atom. The van der Waals surface area contributed by atoms with Gasteiger partial charge in [-0.05, 0) is 55.4 Å². The zero-order valence-corrected chi connectivity index (χ0v) is 21.5. The van der Waals surface area contributed by atoms with Crippen LogP contribution in [0.3, 0.4) is 0 Å². The van der Waals surface area contributed by atoms with Crippen molar-refractivity contribution in [2.45, 2.75) is 111 Å². The van der Waals surface area contributed by atoms with Crippen LogP contribution >= 0.6 is 0 Å². The molecule has 2 aliphatic carbocycles. The predicted molar refractivity (Wildman–Crippen MR) is 135 cm³/mol. The van der Waals surface area contributed by atoms with Crippen molar-refractivity contribution in [3.05, 3.63) is 35.5 Å². The van der Waals surface area contributed by atoms with Gasteiger partial charge in [-0.3, -0.25) is 0 Å². The smallest absolute Gasteiger partial charge is 0.146 e. The molecule has 0 aromatic rings. The number of halogens is 4. The molecule has 2 rings (SSSR count). The molecule has 1 fully saturated rings. The Morgan fingerprint density at radius 3 is 2.26 bits per heavy atom. The van der Waals surface area contributed by atoms with Crippen LogP contribution in [0.5, 0.6) is 0 Å². The van der Waals surface area contributed by atoms with E-state index in [1.165, 1.54) is 25.7 Å². The summed E-state index contributed by atoms with van der Waals surface area (Å²) < 4.78 is 60.1. The van der Waals surface area contributed by atoms with Crippen LogP contribution in [-0.2, 0) is 0 Å². The van der Waals surface area contributed by atoms with Crippen LogP contribution in [0.4, 0.5) is 17.6 Å². The van der Waals surface area contributed by atoms with Gasteiger partial charge in [-0.2, -0.15) is 0 Å². The highest BCUT2D eigenvalue weighted by atomic mass is 19.2. The van der Waals surface area contributed by atoms with E-state index in [2.05, 4.69) is 25.3 Å². The Kier molecular flexibility index (Phi) is 12.5. The molecule has 0 radical (unpaired) electrons. The van der Waals surface area contributed by atoms with Crippen LogP contribution in [0.25, 0.3) is 0 Å². The van der Waals surface area contributed by atoms with E-state index in [0.29, 0.717) is 30.8 Å². The topological polar surface area (TPSA) is 0 Å². The number of hydrogen-bond acceptors (Lipinski definition) is 0. The fourth-order valence-corrected chi connectivity index (χ4v) is 5.54. The summed E-state index contributed by atoms with van der Waals surface area (Å²) in [5.74, 6) is 1.01. The summed E-state index contributed by atoms with van der Waals surface area (Å²) in [5, 5.41) is 0. The van der Waals surface area contributed by atoms with Crippen molar-refractivity contribution in [2.75, 3.05) is 0 Å². The normalized spacial score (nSPS) is 31.9. The summed E-state index contributed by atoms with van der Waals surface area (Å²) in [6.07, 6.45) is 10.3. The number of hydrogen-bond donors (Lipinski definition) is 0. The second-order valence-corrected chi connectivity index (χ2v) is 10.8. The molecular weight excluding hydrogens is 436 g/mol. The lowest BCUT2D eigenvalue weighted by Gasteiger charge is -2.28. The Bertz CT molecular complexity index is 773. The highest BCUT2D eigenvalue weighted by molar-refractivity contribution is 5.30. The zero-order chi connectivity index (χ0) is 25.1. The summed E-state index contributed by atoms with van der Waals surface area (Å²) in [5.41, 5.74) is 0.628. The third kappa shape index (κ3) is 9.27. The molecule has 2 aliphatic rings. The van der Waals surface area contributed by atoms with Crippen molar-refractivity contribution in [3.8, 4) is 11.8 Å². The van der Waals surface area contributed by atoms with Crippen LogP contribution in [-0.4, -0.2) is 0 Å². The summed E-state index contributed by atoms with van der Waals surface area (Å²) in [7, 11) is 0. The lowest BCUT2D eigenvalue weighted by atomic mass is 9.78. The van der Waals surface area contributed by atoms with Gasteiger partial charge in [0.2, 0.25) is 0 Å². The minimum atomic E-state index is -1.00. The molecular formula is C30H44F4. The van der Waals surface area contributed by atoms with Gasteiger partial charge in [0, 0.05) is 18.8 Å². The first-order valence-corrected chi connectivity index (χ1v) is 13.5. The lowest BCUT2D eigenvalue weighted by Crippen LogP contribution is -2.16. The molecule has 3 atom stereocenters. The maximum Gasteiger partial charge on any atom is 0.146 e.